The predicted molar refractivity (Wildman–Crippen MR) is 73.6 cm³/mol. The summed E-state index contributed by atoms with van der Waals surface area (Å²) in [5, 5.41) is 0. The van der Waals surface area contributed by atoms with Crippen molar-refractivity contribution in [2.24, 2.45) is 5.92 Å². The molecule has 0 aromatic carbocycles. The first-order valence-electron chi connectivity index (χ1n) is 5.76. The second-order valence-electron chi connectivity index (χ2n) is 4.46. The number of ketones is 1. The average Bonchev–Trinajstić information content (AvgIpc) is 2.64. The van der Waals surface area contributed by atoms with Crippen LogP contribution in [0.4, 0.5) is 0 Å². The van der Waals surface area contributed by atoms with Crippen LogP contribution in [0.15, 0.2) is 6.07 Å². The van der Waals surface area contributed by atoms with Gasteiger partial charge in [-0.05, 0) is 18.9 Å². The Hall–Kier alpha value is -0.580. The van der Waals surface area contributed by atoms with E-state index in [9.17, 15) is 9.59 Å². The average molecular weight is 306 g/mol. The lowest BCUT2D eigenvalue weighted by Crippen LogP contribution is -2.42. The number of nitrogens with zero attached hydrogens (tertiary/aromatic N) is 1. The SMILES string of the molecule is CC1CCCN(CC(=O)c2cc(Cl)sc2Cl)C1=O. The summed E-state index contributed by atoms with van der Waals surface area (Å²) in [5.41, 5.74) is 0.415. The summed E-state index contributed by atoms with van der Waals surface area (Å²) >= 11 is 12.9. The topological polar surface area (TPSA) is 37.4 Å². The first-order chi connectivity index (χ1) is 8.49. The maximum absolute atomic E-state index is 12.1. The number of thiophene rings is 1. The summed E-state index contributed by atoms with van der Waals surface area (Å²) in [5.74, 6) is -0.0919. The zero-order chi connectivity index (χ0) is 13.3. The van der Waals surface area contributed by atoms with Crippen LogP contribution in [0.1, 0.15) is 30.1 Å². The van der Waals surface area contributed by atoms with E-state index in [1.807, 2.05) is 6.92 Å². The fourth-order valence-electron chi connectivity index (χ4n) is 2.08. The van der Waals surface area contributed by atoms with E-state index in [0.717, 1.165) is 12.8 Å². The lowest BCUT2D eigenvalue weighted by atomic mass is 9.99. The van der Waals surface area contributed by atoms with Crippen molar-refractivity contribution >= 4 is 46.2 Å². The summed E-state index contributed by atoms with van der Waals surface area (Å²) in [6, 6.07) is 1.56. The second kappa shape index (κ2) is 5.59. The van der Waals surface area contributed by atoms with Crippen LogP contribution in [0.5, 0.6) is 0 Å². The molecule has 1 aliphatic heterocycles. The van der Waals surface area contributed by atoms with E-state index < -0.39 is 0 Å². The summed E-state index contributed by atoms with van der Waals surface area (Å²) in [4.78, 5) is 25.6. The summed E-state index contributed by atoms with van der Waals surface area (Å²) < 4.78 is 0.879. The first kappa shape index (κ1) is 13.8. The second-order valence-corrected chi connectivity index (χ2v) is 6.75. The summed E-state index contributed by atoms with van der Waals surface area (Å²) in [7, 11) is 0. The first-order valence-corrected chi connectivity index (χ1v) is 7.33. The third kappa shape index (κ3) is 2.87. The number of piperidine rings is 1. The number of likely N-dealkylation sites (tertiary alicyclic amines) is 1. The molecule has 2 rings (SSSR count). The lowest BCUT2D eigenvalue weighted by Gasteiger charge is -2.29. The fraction of sp³-hybridized carbons (Fsp3) is 0.500. The number of carbonyl (C=O) groups is 2. The van der Waals surface area contributed by atoms with E-state index in [1.54, 1.807) is 11.0 Å². The van der Waals surface area contributed by atoms with Gasteiger partial charge in [-0.2, -0.15) is 0 Å². The van der Waals surface area contributed by atoms with Crippen LogP contribution in [0, 0.1) is 5.92 Å². The van der Waals surface area contributed by atoms with Crippen molar-refractivity contribution in [2.45, 2.75) is 19.8 Å². The van der Waals surface area contributed by atoms with Crippen molar-refractivity contribution in [1.82, 2.24) is 4.90 Å². The molecule has 6 heteroatoms. The molecule has 0 saturated carbocycles. The van der Waals surface area contributed by atoms with E-state index in [-0.39, 0.29) is 24.2 Å². The van der Waals surface area contributed by atoms with Crippen LogP contribution in [-0.4, -0.2) is 29.7 Å². The third-order valence-corrected chi connectivity index (χ3v) is 4.58. The van der Waals surface area contributed by atoms with E-state index in [1.165, 1.54) is 11.3 Å². The molecule has 0 aliphatic carbocycles. The van der Waals surface area contributed by atoms with Crippen LogP contribution in [0.3, 0.4) is 0 Å². The van der Waals surface area contributed by atoms with Gasteiger partial charge in [0.25, 0.3) is 0 Å². The monoisotopic (exact) mass is 305 g/mol. The lowest BCUT2D eigenvalue weighted by molar-refractivity contribution is -0.137. The van der Waals surface area contributed by atoms with Crippen molar-refractivity contribution in [3.8, 4) is 0 Å². The highest BCUT2D eigenvalue weighted by atomic mass is 35.5. The molecule has 0 N–H and O–H groups in total. The van der Waals surface area contributed by atoms with Gasteiger partial charge in [0.2, 0.25) is 5.91 Å². The van der Waals surface area contributed by atoms with Crippen LogP contribution < -0.4 is 0 Å². The molecule has 0 bridgehead atoms. The molecule has 1 aromatic rings. The molecule has 1 aromatic heterocycles. The quantitative estimate of drug-likeness (QED) is 0.802. The molecule has 1 unspecified atom stereocenters. The molecule has 1 atom stereocenters. The number of hydrogen-bond acceptors (Lipinski definition) is 3. The van der Waals surface area contributed by atoms with E-state index in [2.05, 4.69) is 0 Å². The van der Waals surface area contributed by atoms with Gasteiger partial charge in [-0.1, -0.05) is 30.1 Å². The maximum Gasteiger partial charge on any atom is 0.225 e. The molecule has 1 fully saturated rings. The maximum atomic E-state index is 12.1. The highest BCUT2D eigenvalue weighted by Crippen LogP contribution is 2.31. The van der Waals surface area contributed by atoms with Crippen molar-refractivity contribution in [2.75, 3.05) is 13.1 Å². The highest BCUT2D eigenvalue weighted by Gasteiger charge is 2.27. The number of carbonyl (C=O) groups excluding carboxylic acids is 2. The number of Topliss-reactive ketones (excluding diaryl/α,β-unsaturated/α-hetero) is 1. The third-order valence-electron chi connectivity index (χ3n) is 3.09. The number of halogens is 2. The van der Waals surface area contributed by atoms with Gasteiger partial charge in [0.05, 0.1) is 16.4 Å². The summed E-state index contributed by atoms with van der Waals surface area (Å²) in [6.07, 6.45) is 1.84. The standard InChI is InChI=1S/C12H13Cl2NO2S/c1-7-3-2-4-15(12(7)17)6-9(16)8-5-10(13)18-11(8)14/h5,7H,2-4,6H2,1H3. The molecular formula is C12H13Cl2NO2S. The number of rotatable bonds is 3. The van der Waals surface area contributed by atoms with Gasteiger partial charge < -0.3 is 4.90 Å². The summed E-state index contributed by atoms with van der Waals surface area (Å²) in [6.45, 7) is 2.63. The van der Waals surface area contributed by atoms with Crippen LogP contribution >= 0.6 is 34.5 Å². The Bertz CT molecular complexity index is 486. The van der Waals surface area contributed by atoms with Crippen molar-refractivity contribution in [3.05, 3.63) is 20.3 Å². The van der Waals surface area contributed by atoms with Crippen molar-refractivity contribution < 1.29 is 9.59 Å². The van der Waals surface area contributed by atoms with Gasteiger partial charge in [-0.15, -0.1) is 11.3 Å². The Morgan fingerprint density at radius 2 is 2.28 bits per heavy atom. The van der Waals surface area contributed by atoms with E-state index in [4.69, 9.17) is 23.2 Å². The van der Waals surface area contributed by atoms with Crippen molar-refractivity contribution in [3.63, 3.8) is 0 Å². The van der Waals surface area contributed by atoms with E-state index >= 15 is 0 Å². The number of hydrogen-bond donors (Lipinski definition) is 0. The molecule has 1 aliphatic rings. The molecular weight excluding hydrogens is 293 g/mol. The fourth-order valence-corrected chi connectivity index (χ4v) is 3.58. The molecule has 98 valence electrons. The molecule has 1 saturated heterocycles. The minimum atomic E-state index is -0.148. The van der Waals surface area contributed by atoms with Crippen LogP contribution in [0.2, 0.25) is 8.67 Å². The van der Waals surface area contributed by atoms with Crippen LogP contribution in [-0.2, 0) is 4.79 Å². The normalized spacial score (nSPS) is 20.3. The minimum absolute atomic E-state index is 0.00749. The van der Waals surface area contributed by atoms with Gasteiger partial charge in [0.1, 0.15) is 4.34 Å². The van der Waals surface area contributed by atoms with Gasteiger partial charge >= 0.3 is 0 Å². The van der Waals surface area contributed by atoms with Gasteiger partial charge in [-0.25, -0.2) is 0 Å². The Morgan fingerprint density at radius 3 is 2.89 bits per heavy atom. The Balaban J connectivity index is 2.07. The molecule has 1 amide bonds. The Labute approximate surface area is 120 Å². The van der Waals surface area contributed by atoms with Crippen molar-refractivity contribution in [1.29, 1.82) is 0 Å². The minimum Gasteiger partial charge on any atom is -0.335 e. The molecule has 0 radical (unpaired) electrons. The van der Waals surface area contributed by atoms with Crippen LogP contribution in [0.25, 0.3) is 0 Å². The molecule has 3 nitrogen and oxygen atoms in total. The van der Waals surface area contributed by atoms with E-state index in [0.29, 0.717) is 20.8 Å². The van der Waals surface area contributed by atoms with Gasteiger partial charge in [0.15, 0.2) is 5.78 Å². The predicted octanol–water partition coefficient (Wildman–Crippen LogP) is 3.50. The largest absolute Gasteiger partial charge is 0.335 e. The zero-order valence-corrected chi connectivity index (χ0v) is 12.2. The Morgan fingerprint density at radius 1 is 1.56 bits per heavy atom. The zero-order valence-electron chi connectivity index (χ0n) is 9.91. The number of amides is 1. The smallest absolute Gasteiger partial charge is 0.225 e. The Kier molecular flexibility index (Phi) is 4.30. The van der Waals surface area contributed by atoms with Gasteiger partial charge in [0, 0.05) is 12.5 Å². The molecule has 18 heavy (non-hydrogen) atoms. The van der Waals surface area contributed by atoms with Gasteiger partial charge in [-0.3, -0.25) is 9.59 Å². The molecule has 0 spiro atoms. The molecule has 2 heterocycles. The highest BCUT2D eigenvalue weighted by molar-refractivity contribution is 7.20.